The Bertz CT molecular complexity index is 1620. The summed E-state index contributed by atoms with van der Waals surface area (Å²) < 4.78 is 54.6. The van der Waals surface area contributed by atoms with E-state index in [2.05, 4.69) is 35.3 Å². The molecule has 0 atom stereocenters. The van der Waals surface area contributed by atoms with Gasteiger partial charge >= 0.3 is 0 Å². The normalized spacial score (nSPS) is 12.9. The maximum absolute atomic E-state index is 13.4. The average molecular weight is 539 g/mol. The minimum atomic E-state index is -4.78. The van der Waals surface area contributed by atoms with Crippen LogP contribution in [0.1, 0.15) is 0 Å². The molecule has 36 heavy (non-hydrogen) atoms. The van der Waals surface area contributed by atoms with Crippen molar-refractivity contribution in [3.8, 4) is 22.5 Å². The van der Waals surface area contributed by atoms with Gasteiger partial charge in [-0.15, -0.1) is 10.2 Å². The number of aromatic amines is 2. The first-order valence-corrected chi connectivity index (χ1v) is 13.1. The van der Waals surface area contributed by atoms with Crippen LogP contribution in [-0.4, -0.2) is 82.9 Å². The summed E-state index contributed by atoms with van der Waals surface area (Å²) in [5, 5.41) is 38.2. The molecule has 0 aliphatic heterocycles. The topological polar surface area (TPSA) is 282 Å². The Kier molecular flexibility index (Phi) is 6.51. The number of nitrogens with one attached hydrogen (secondary N) is 3. The van der Waals surface area contributed by atoms with Crippen LogP contribution in [-0.2, 0) is 20.0 Å². The average Bonchev–Trinajstić information content (AvgIpc) is 3.50. The molecule has 4 rings (SSSR count). The summed E-state index contributed by atoms with van der Waals surface area (Å²) in [6.07, 6.45) is 0. The number of hydrogen-bond donors (Lipinski definition) is 8. The number of rotatable bonds is 9. The Morgan fingerprint density at radius 2 is 1.78 bits per heavy atom. The number of H-pyrrole nitrogens is 2. The third kappa shape index (κ3) is 4.41. The molecular formula is C18H22N10O6S2. The van der Waals surface area contributed by atoms with Crippen molar-refractivity contribution in [1.29, 1.82) is 0 Å². The van der Waals surface area contributed by atoms with E-state index < -0.39 is 55.1 Å². The fourth-order valence-electron chi connectivity index (χ4n) is 3.67. The van der Waals surface area contributed by atoms with Gasteiger partial charge in [0, 0.05) is 12.1 Å². The maximum Gasteiger partial charge on any atom is 0.242 e. The van der Waals surface area contributed by atoms with Crippen molar-refractivity contribution in [2.75, 3.05) is 25.5 Å². The zero-order valence-electron chi connectivity index (χ0n) is 18.4. The second-order valence-corrected chi connectivity index (χ2v) is 11.0. The number of sulfonamides is 2. The number of hydrogen-bond acceptors (Lipinski definition) is 12. The fourth-order valence-corrected chi connectivity index (χ4v) is 6.66. The number of fused-ring (bicyclic) bond motifs is 1. The molecule has 0 amide bonds. The number of nitrogen functional groups attached to an aromatic ring is 1. The van der Waals surface area contributed by atoms with E-state index in [1.165, 1.54) is 6.07 Å². The predicted molar refractivity (Wildman–Crippen MR) is 127 cm³/mol. The van der Waals surface area contributed by atoms with Gasteiger partial charge in [0.2, 0.25) is 25.9 Å². The zero-order chi connectivity index (χ0) is 26.3. The monoisotopic (exact) mass is 538 g/mol. The first-order chi connectivity index (χ1) is 17.0. The van der Waals surface area contributed by atoms with E-state index in [4.69, 9.17) is 16.6 Å². The highest BCUT2D eigenvalue weighted by Crippen LogP contribution is 2.40. The summed E-state index contributed by atoms with van der Waals surface area (Å²) >= 11 is 0. The molecule has 0 aliphatic rings. The Morgan fingerprint density at radius 1 is 1.06 bits per heavy atom. The zero-order valence-corrected chi connectivity index (χ0v) is 20.0. The number of tetrazole rings is 1. The molecule has 0 spiro atoms. The van der Waals surface area contributed by atoms with Crippen LogP contribution in [0, 0.1) is 0 Å². The van der Waals surface area contributed by atoms with Gasteiger partial charge in [-0.1, -0.05) is 18.2 Å². The molecule has 192 valence electrons. The van der Waals surface area contributed by atoms with E-state index in [0.29, 0.717) is 16.6 Å². The van der Waals surface area contributed by atoms with Gasteiger partial charge in [-0.05, 0) is 22.9 Å². The summed E-state index contributed by atoms with van der Waals surface area (Å²) in [6, 6.07) is 7.27. The van der Waals surface area contributed by atoms with Crippen molar-refractivity contribution in [3.63, 3.8) is 0 Å². The Hall–Kier alpha value is -3.52. The molecule has 2 aromatic heterocycles. The SMILES string of the molecule is NCC(CO)(CO)NS(=O)(=O)c1ccc(-c2cccc3[nH]c(N)nc23)c(-c2nn[nH]n2)c1S(N)(=O)=O. The lowest BCUT2D eigenvalue weighted by atomic mass is 9.98. The molecule has 0 saturated heterocycles. The van der Waals surface area contributed by atoms with Crippen LogP contribution in [0.15, 0.2) is 40.1 Å². The standard InChI is InChI=1S/C18H22N10O6S2/c19-6-18(7-29,8-30)26-36(33,34)12-5-4-9(10-2-1-3-11-14(10)23-17(20)22-11)13(15(12)35(21,31)32)16-24-27-28-25-16/h1-5,26,29-30H,6-8,19H2,(H3,20,22,23)(H2,21,31,32)(H,24,25,27,28). The van der Waals surface area contributed by atoms with Crippen molar-refractivity contribution in [2.24, 2.45) is 10.9 Å². The molecule has 0 radical (unpaired) electrons. The summed E-state index contributed by atoms with van der Waals surface area (Å²) in [5.74, 6) is -0.180. The largest absolute Gasteiger partial charge is 0.394 e. The molecule has 11 N–H and O–H groups in total. The van der Waals surface area contributed by atoms with Gasteiger partial charge in [-0.25, -0.2) is 27.0 Å². The lowest BCUT2D eigenvalue weighted by molar-refractivity contribution is 0.114. The lowest BCUT2D eigenvalue weighted by Gasteiger charge is -2.29. The number of nitrogens with zero attached hydrogens (tertiary/aromatic N) is 4. The van der Waals surface area contributed by atoms with Crippen molar-refractivity contribution in [2.45, 2.75) is 15.3 Å². The number of anilines is 1. The summed E-state index contributed by atoms with van der Waals surface area (Å²) in [6.45, 7) is -2.24. The first-order valence-electron chi connectivity index (χ1n) is 10.1. The molecule has 16 nitrogen and oxygen atoms in total. The van der Waals surface area contributed by atoms with Crippen molar-refractivity contribution >= 4 is 37.0 Å². The Labute approximate surface area is 204 Å². The smallest absolute Gasteiger partial charge is 0.242 e. The number of imidazole rings is 1. The third-order valence-corrected chi connectivity index (χ3v) is 8.18. The van der Waals surface area contributed by atoms with Crippen LogP contribution in [0.5, 0.6) is 0 Å². The van der Waals surface area contributed by atoms with Crippen LogP contribution >= 0.6 is 0 Å². The fraction of sp³-hybridized carbons (Fsp3) is 0.222. The van der Waals surface area contributed by atoms with Gasteiger partial charge in [0.05, 0.1) is 35.3 Å². The molecular weight excluding hydrogens is 516 g/mol. The van der Waals surface area contributed by atoms with E-state index in [1.807, 2.05) is 0 Å². The third-order valence-electron chi connectivity index (χ3n) is 5.43. The lowest BCUT2D eigenvalue weighted by Crippen LogP contribution is -2.59. The number of para-hydroxylation sites is 1. The van der Waals surface area contributed by atoms with Crippen LogP contribution in [0.4, 0.5) is 5.95 Å². The molecule has 0 bridgehead atoms. The molecule has 4 aromatic rings. The van der Waals surface area contributed by atoms with E-state index in [-0.39, 0.29) is 22.9 Å². The Balaban J connectivity index is 2.10. The minimum Gasteiger partial charge on any atom is -0.394 e. The maximum atomic E-state index is 13.4. The van der Waals surface area contributed by atoms with Crippen LogP contribution in [0.25, 0.3) is 33.5 Å². The number of benzene rings is 2. The minimum absolute atomic E-state index is 0.0970. The summed E-state index contributed by atoms with van der Waals surface area (Å²) in [7, 11) is -9.53. The molecule has 0 saturated carbocycles. The molecule has 2 heterocycles. The number of nitrogens with two attached hydrogens (primary N) is 3. The molecule has 2 aromatic carbocycles. The van der Waals surface area contributed by atoms with Crippen molar-refractivity contribution in [3.05, 3.63) is 30.3 Å². The summed E-state index contributed by atoms with van der Waals surface area (Å²) in [5.41, 5.74) is 10.6. The highest BCUT2D eigenvalue weighted by Gasteiger charge is 2.38. The van der Waals surface area contributed by atoms with Gasteiger partial charge < -0.3 is 26.7 Å². The number of aliphatic hydroxyl groups excluding tert-OH is 2. The van der Waals surface area contributed by atoms with Gasteiger partial charge in [0.15, 0.2) is 5.95 Å². The number of aromatic nitrogens is 6. The van der Waals surface area contributed by atoms with E-state index in [0.717, 1.165) is 6.07 Å². The number of aliphatic hydroxyl groups is 2. The quantitative estimate of drug-likeness (QED) is 0.111. The van der Waals surface area contributed by atoms with Crippen molar-refractivity contribution < 1.29 is 27.0 Å². The van der Waals surface area contributed by atoms with Gasteiger partial charge in [-0.3, -0.25) is 0 Å². The van der Waals surface area contributed by atoms with Crippen LogP contribution in [0.3, 0.4) is 0 Å². The molecule has 0 aliphatic carbocycles. The summed E-state index contributed by atoms with van der Waals surface area (Å²) in [4.78, 5) is 5.45. The van der Waals surface area contributed by atoms with Gasteiger partial charge in [0.1, 0.15) is 9.79 Å². The predicted octanol–water partition coefficient (Wildman–Crippen LogP) is -2.40. The molecule has 0 fully saturated rings. The second kappa shape index (κ2) is 9.17. The van der Waals surface area contributed by atoms with Crippen LogP contribution in [0.2, 0.25) is 0 Å². The highest BCUT2D eigenvalue weighted by molar-refractivity contribution is 7.92. The Morgan fingerprint density at radius 3 is 2.36 bits per heavy atom. The second-order valence-electron chi connectivity index (χ2n) is 7.83. The van der Waals surface area contributed by atoms with Gasteiger partial charge in [-0.2, -0.15) is 9.94 Å². The van der Waals surface area contributed by atoms with Crippen LogP contribution < -0.4 is 21.3 Å². The van der Waals surface area contributed by atoms with Crippen molar-refractivity contribution in [1.82, 2.24) is 35.3 Å². The van der Waals surface area contributed by atoms with E-state index >= 15 is 0 Å². The van der Waals surface area contributed by atoms with Gasteiger partial charge in [0.25, 0.3) is 0 Å². The van der Waals surface area contributed by atoms with E-state index in [9.17, 15) is 27.0 Å². The van der Waals surface area contributed by atoms with E-state index in [1.54, 1.807) is 18.2 Å². The first kappa shape index (κ1) is 25.6. The molecule has 18 heteroatoms. The molecule has 0 unspecified atom stereocenters. The highest BCUT2D eigenvalue weighted by atomic mass is 32.2. The number of primary sulfonamides is 1.